The Morgan fingerprint density at radius 1 is 1.44 bits per heavy atom. The summed E-state index contributed by atoms with van der Waals surface area (Å²) in [5.74, 6) is -0.855. The zero-order chi connectivity index (χ0) is 12.7. The molecule has 92 valence electrons. The maximum absolute atomic E-state index is 10.9. The Balaban J connectivity index is 2.03. The minimum atomic E-state index is -0.855. The molecule has 1 aromatic carbocycles. The van der Waals surface area contributed by atoms with Crippen molar-refractivity contribution in [3.8, 4) is 0 Å². The molecule has 0 fully saturated rings. The second kappa shape index (κ2) is 4.14. The number of hydrogen-bond donors (Lipinski definition) is 1. The van der Waals surface area contributed by atoms with Gasteiger partial charge in [0.1, 0.15) is 4.88 Å². The van der Waals surface area contributed by atoms with Crippen LogP contribution < -0.4 is 4.90 Å². The third kappa shape index (κ3) is 1.69. The van der Waals surface area contributed by atoms with Gasteiger partial charge in [0.15, 0.2) is 0 Å². The molecule has 0 aliphatic carbocycles. The fourth-order valence-electron chi connectivity index (χ4n) is 2.52. The lowest BCUT2D eigenvalue weighted by Crippen LogP contribution is -2.23. The number of rotatable bonds is 2. The molecule has 1 N–H and O–H groups in total. The number of nitrogens with zero attached hydrogens (tertiary/aromatic N) is 1. The van der Waals surface area contributed by atoms with Crippen LogP contribution in [0.15, 0.2) is 35.7 Å². The van der Waals surface area contributed by atoms with E-state index in [4.69, 9.17) is 5.11 Å². The van der Waals surface area contributed by atoms with Crippen LogP contribution in [0.3, 0.4) is 0 Å². The summed E-state index contributed by atoms with van der Waals surface area (Å²) in [4.78, 5) is 13.6. The molecule has 0 spiro atoms. The molecule has 3 nitrogen and oxygen atoms in total. The molecule has 1 atom stereocenters. The molecule has 0 saturated heterocycles. The first kappa shape index (κ1) is 11.3. The van der Waals surface area contributed by atoms with E-state index in [-0.39, 0.29) is 0 Å². The van der Waals surface area contributed by atoms with Crippen LogP contribution in [0.25, 0.3) is 0 Å². The predicted molar refractivity (Wildman–Crippen MR) is 73.0 cm³/mol. The Labute approximate surface area is 109 Å². The molecule has 3 rings (SSSR count). The summed E-state index contributed by atoms with van der Waals surface area (Å²) in [7, 11) is 0. The third-order valence-electron chi connectivity index (χ3n) is 3.28. The summed E-state index contributed by atoms with van der Waals surface area (Å²) in [5.41, 5.74) is 3.50. The number of thiophene rings is 1. The zero-order valence-corrected chi connectivity index (χ0v) is 10.8. The molecule has 2 aromatic rings. The molecule has 0 radical (unpaired) electrons. The number of fused-ring (bicyclic) bond motifs is 1. The number of benzene rings is 1. The quantitative estimate of drug-likeness (QED) is 0.897. The number of carboxylic acid groups (broad SMARTS) is 1. The predicted octanol–water partition coefficient (Wildman–Crippen LogP) is 3.53. The van der Waals surface area contributed by atoms with Gasteiger partial charge >= 0.3 is 5.97 Å². The van der Waals surface area contributed by atoms with E-state index in [0.717, 1.165) is 12.1 Å². The van der Waals surface area contributed by atoms with E-state index >= 15 is 0 Å². The van der Waals surface area contributed by atoms with Crippen LogP contribution in [0.4, 0.5) is 11.4 Å². The smallest absolute Gasteiger partial charge is 0.345 e. The van der Waals surface area contributed by atoms with Crippen molar-refractivity contribution >= 4 is 28.7 Å². The summed E-state index contributed by atoms with van der Waals surface area (Å²) >= 11 is 1.28. The van der Waals surface area contributed by atoms with E-state index < -0.39 is 5.97 Å². The highest BCUT2D eigenvalue weighted by atomic mass is 32.1. The van der Waals surface area contributed by atoms with Crippen LogP contribution in [-0.4, -0.2) is 17.1 Å². The molecule has 1 aromatic heterocycles. The van der Waals surface area contributed by atoms with Crippen molar-refractivity contribution < 1.29 is 9.90 Å². The maximum atomic E-state index is 10.9. The SMILES string of the molecule is CC1Cc2ccccc2N1c1csc(C(=O)O)c1. The van der Waals surface area contributed by atoms with Crippen LogP contribution >= 0.6 is 11.3 Å². The molecule has 0 bridgehead atoms. The summed E-state index contributed by atoms with van der Waals surface area (Å²) in [6.45, 7) is 2.16. The highest BCUT2D eigenvalue weighted by Crippen LogP contribution is 2.39. The van der Waals surface area contributed by atoms with Gasteiger partial charge in [-0.1, -0.05) is 18.2 Å². The Bertz CT molecular complexity index is 605. The first-order chi connectivity index (χ1) is 8.66. The van der Waals surface area contributed by atoms with Crippen molar-refractivity contribution in [2.45, 2.75) is 19.4 Å². The molecular formula is C14H13NO2S. The van der Waals surface area contributed by atoms with Crippen LogP contribution in [0, 0.1) is 0 Å². The van der Waals surface area contributed by atoms with Crippen molar-refractivity contribution in [2.24, 2.45) is 0 Å². The van der Waals surface area contributed by atoms with Gasteiger partial charge in [0.05, 0.1) is 5.69 Å². The van der Waals surface area contributed by atoms with Crippen LogP contribution in [0.5, 0.6) is 0 Å². The van der Waals surface area contributed by atoms with E-state index in [9.17, 15) is 4.79 Å². The fraction of sp³-hybridized carbons (Fsp3) is 0.214. The lowest BCUT2D eigenvalue weighted by atomic mass is 10.1. The van der Waals surface area contributed by atoms with Gasteiger partial charge in [-0.05, 0) is 31.0 Å². The molecular weight excluding hydrogens is 246 g/mol. The van der Waals surface area contributed by atoms with Crippen LogP contribution in [0.1, 0.15) is 22.2 Å². The monoisotopic (exact) mass is 259 g/mol. The topological polar surface area (TPSA) is 40.5 Å². The maximum Gasteiger partial charge on any atom is 0.345 e. The minimum absolute atomic E-state index is 0.374. The van der Waals surface area contributed by atoms with E-state index in [1.165, 1.54) is 22.6 Å². The van der Waals surface area contributed by atoms with Gasteiger partial charge in [0, 0.05) is 17.1 Å². The second-order valence-corrected chi connectivity index (χ2v) is 5.44. The summed E-state index contributed by atoms with van der Waals surface area (Å²) in [6, 6.07) is 10.4. The van der Waals surface area contributed by atoms with Gasteiger partial charge in [-0.15, -0.1) is 11.3 Å². The Morgan fingerprint density at radius 3 is 2.94 bits per heavy atom. The summed E-state index contributed by atoms with van der Waals surface area (Å²) in [6.07, 6.45) is 1.01. The van der Waals surface area contributed by atoms with Crippen molar-refractivity contribution in [1.29, 1.82) is 0 Å². The number of anilines is 2. The Kier molecular flexibility index (Phi) is 2.59. The molecule has 2 heterocycles. The van der Waals surface area contributed by atoms with Gasteiger partial charge < -0.3 is 10.0 Å². The van der Waals surface area contributed by atoms with Gasteiger partial charge in [-0.25, -0.2) is 4.79 Å². The Morgan fingerprint density at radius 2 is 2.22 bits per heavy atom. The largest absolute Gasteiger partial charge is 0.477 e. The van der Waals surface area contributed by atoms with Crippen molar-refractivity contribution in [3.63, 3.8) is 0 Å². The average molecular weight is 259 g/mol. The summed E-state index contributed by atoms with van der Waals surface area (Å²) < 4.78 is 0. The standard InChI is InChI=1S/C14H13NO2S/c1-9-6-10-4-2-3-5-12(10)15(9)11-7-13(14(16)17)18-8-11/h2-5,7-9H,6H2,1H3,(H,16,17). The van der Waals surface area contributed by atoms with Crippen LogP contribution in [0.2, 0.25) is 0 Å². The zero-order valence-electron chi connectivity index (χ0n) is 9.96. The van der Waals surface area contributed by atoms with E-state index in [0.29, 0.717) is 10.9 Å². The molecule has 1 aliphatic heterocycles. The molecule has 1 unspecified atom stereocenters. The normalized spacial score (nSPS) is 17.8. The van der Waals surface area contributed by atoms with E-state index in [2.05, 4.69) is 24.0 Å². The minimum Gasteiger partial charge on any atom is -0.477 e. The Hall–Kier alpha value is -1.81. The van der Waals surface area contributed by atoms with Gasteiger partial charge in [0.25, 0.3) is 0 Å². The molecule has 0 saturated carbocycles. The number of carboxylic acids is 1. The van der Waals surface area contributed by atoms with Crippen molar-refractivity contribution in [3.05, 3.63) is 46.2 Å². The number of hydrogen-bond acceptors (Lipinski definition) is 3. The molecule has 1 aliphatic rings. The first-order valence-electron chi connectivity index (χ1n) is 5.86. The lowest BCUT2D eigenvalue weighted by molar-refractivity contribution is 0.0702. The number of para-hydroxylation sites is 1. The number of aromatic carboxylic acids is 1. The molecule has 0 amide bonds. The van der Waals surface area contributed by atoms with E-state index in [1.807, 2.05) is 17.5 Å². The number of carbonyl (C=O) groups is 1. The van der Waals surface area contributed by atoms with E-state index in [1.54, 1.807) is 6.07 Å². The van der Waals surface area contributed by atoms with Crippen molar-refractivity contribution in [1.82, 2.24) is 0 Å². The average Bonchev–Trinajstić information content (AvgIpc) is 2.91. The molecule has 18 heavy (non-hydrogen) atoms. The third-order valence-corrected chi connectivity index (χ3v) is 4.19. The second-order valence-electron chi connectivity index (χ2n) is 4.53. The van der Waals surface area contributed by atoms with Gasteiger partial charge in [0.2, 0.25) is 0 Å². The van der Waals surface area contributed by atoms with Crippen molar-refractivity contribution in [2.75, 3.05) is 4.90 Å². The van der Waals surface area contributed by atoms with Gasteiger partial charge in [-0.2, -0.15) is 0 Å². The van der Waals surface area contributed by atoms with Crippen LogP contribution in [-0.2, 0) is 6.42 Å². The fourth-order valence-corrected chi connectivity index (χ4v) is 3.24. The first-order valence-corrected chi connectivity index (χ1v) is 6.74. The van der Waals surface area contributed by atoms with Gasteiger partial charge in [-0.3, -0.25) is 0 Å². The molecule has 4 heteroatoms. The lowest BCUT2D eigenvalue weighted by Gasteiger charge is -2.23. The highest BCUT2D eigenvalue weighted by molar-refractivity contribution is 7.12. The summed E-state index contributed by atoms with van der Waals surface area (Å²) in [5, 5.41) is 10.9. The highest BCUT2D eigenvalue weighted by Gasteiger charge is 2.27.